The first-order valence-electron chi connectivity index (χ1n) is 17.9. The molecule has 0 aliphatic heterocycles. The molecule has 0 bridgehead atoms. The molecule has 270 valence electrons. The van der Waals surface area contributed by atoms with Crippen LogP contribution in [0.5, 0.6) is 5.75 Å². The lowest BCUT2D eigenvalue weighted by Crippen LogP contribution is -2.48. The van der Waals surface area contributed by atoms with Crippen molar-refractivity contribution in [3.05, 3.63) is 101 Å². The summed E-state index contributed by atoms with van der Waals surface area (Å²) in [6, 6.07) is 18.2. The van der Waals surface area contributed by atoms with Gasteiger partial charge in [0.2, 0.25) is 5.91 Å². The second-order valence-corrected chi connectivity index (χ2v) is 14.2. The van der Waals surface area contributed by atoms with Crippen molar-refractivity contribution in [2.45, 2.75) is 97.9 Å². The highest BCUT2D eigenvalue weighted by Crippen LogP contribution is 2.30. The Kier molecular flexibility index (Phi) is 13.9. The third-order valence-corrected chi connectivity index (χ3v) is 8.86. The molecule has 1 unspecified atom stereocenters. The fourth-order valence-corrected chi connectivity index (χ4v) is 5.86. The number of nitrogens with zero attached hydrogens (tertiary/aromatic N) is 2. The van der Waals surface area contributed by atoms with Gasteiger partial charge in [-0.25, -0.2) is 9.97 Å². The Labute approximate surface area is 302 Å². The van der Waals surface area contributed by atoms with Gasteiger partial charge in [-0.2, -0.15) is 0 Å². The van der Waals surface area contributed by atoms with E-state index < -0.39 is 17.9 Å². The molecule has 4 aromatic rings. The van der Waals surface area contributed by atoms with Crippen LogP contribution in [0.15, 0.2) is 73.1 Å². The van der Waals surface area contributed by atoms with E-state index in [2.05, 4.69) is 74.3 Å². The molecule has 0 radical (unpaired) electrons. The smallest absolute Gasteiger partial charge is 0.305 e. The Morgan fingerprint density at radius 1 is 0.824 bits per heavy atom. The number of benzene rings is 3. The molecule has 9 heteroatoms. The predicted molar refractivity (Wildman–Crippen MR) is 202 cm³/mol. The zero-order chi connectivity index (χ0) is 37.0. The van der Waals surface area contributed by atoms with Crippen molar-refractivity contribution in [3.8, 4) is 28.3 Å². The van der Waals surface area contributed by atoms with Gasteiger partial charge >= 0.3 is 5.97 Å². The minimum absolute atomic E-state index is 0.0384. The molecular formula is C42H52N4O5. The Hall–Kier alpha value is -5.05. The molecule has 0 fully saturated rings. The van der Waals surface area contributed by atoms with E-state index in [1.54, 1.807) is 12.1 Å². The molecule has 3 N–H and O–H groups in total. The molecule has 0 saturated carbocycles. The van der Waals surface area contributed by atoms with Crippen LogP contribution >= 0.6 is 0 Å². The van der Waals surface area contributed by atoms with Crippen LogP contribution in [0.3, 0.4) is 0 Å². The maximum Gasteiger partial charge on any atom is 0.305 e. The first-order chi connectivity index (χ1) is 24.3. The third kappa shape index (κ3) is 11.5. The number of carbonyl (C=O) groups is 3. The lowest BCUT2D eigenvalue weighted by atomic mass is 9.86. The topological polar surface area (TPSA) is 131 Å². The minimum Gasteiger partial charge on any atom is -0.493 e. The average Bonchev–Trinajstić information content (AvgIpc) is 3.10. The van der Waals surface area contributed by atoms with Crippen molar-refractivity contribution in [2.24, 2.45) is 0 Å². The summed E-state index contributed by atoms with van der Waals surface area (Å²) in [6.07, 6.45) is 9.64. The Bertz CT molecular complexity index is 1740. The summed E-state index contributed by atoms with van der Waals surface area (Å²) in [6.45, 7) is 13.3. The average molecular weight is 693 g/mol. The first-order valence-corrected chi connectivity index (χ1v) is 17.9. The monoisotopic (exact) mass is 692 g/mol. The molecular weight excluding hydrogens is 640 g/mol. The summed E-state index contributed by atoms with van der Waals surface area (Å²) in [4.78, 5) is 46.6. The zero-order valence-corrected chi connectivity index (χ0v) is 30.8. The lowest BCUT2D eigenvalue weighted by molar-refractivity contribution is -0.137. The molecule has 9 nitrogen and oxygen atoms in total. The molecule has 0 spiro atoms. The van der Waals surface area contributed by atoms with Crippen molar-refractivity contribution >= 4 is 17.8 Å². The second-order valence-electron chi connectivity index (χ2n) is 14.2. The quantitative estimate of drug-likeness (QED) is 0.0956. The summed E-state index contributed by atoms with van der Waals surface area (Å²) in [5.74, 6) is -0.342. The van der Waals surface area contributed by atoms with E-state index in [1.807, 2.05) is 48.8 Å². The van der Waals surface area contributed by atoms with Crippen LogP contribution in [-0.2, 0) is 21.4 Å². The lowest BCUT2D eigenvalue weighted by Gasteiger charge is -2.20. The van der Waals surface area contributed by atoms with E-state index in [0.29, 0.717) is 11.4 Å². The standard InChI is InChI=1S/C42H52N4O5/c1-7-8-9-10-11-22-51-38-28(2)23-33(24-29(38)3)34-26-44-39(45-27-34)31-14-12-30(13-15-31)25-36(41(50)43-21-20-37(47)48)46-40(49)32-16-18-35(19-17-32)42(4,5)6/h12-19,23-24,26-27,36H,7-11,20-22,25H2,1-6H3,(H,43,50)(H,46,49)(H,47,48). The number of hydrogen-bond acceptors (Lipinski definition) is 6. The highest BCUT2D eigenvalue weighted by atomic mass is 16.5. The van der Waals surface area contributed by atoms with E-state index in [9.17, 15) is 14.4 Å². The zero-order valence-electron chi connectivity index (χ0n) is 30.8. The van der Waals surface area contributed by atoms with Gasteiger partial charge in [0, 0.05) is 42.0 Å². The van der Waals surface area contributed by atoms with Crippen LogP contribution in [0.25, 0.3) is 22.5 Å². The number of hydrogen-bond donors (Lipinski definition) is 3. The van der Waals surface area contributed by atoms with Crippen molar-refractivity contribution < 1.29 is 24.2 Å². The minimum atomic E-state index is -1.02. The molecule has 1 aromatic heterocycles. The number of aliphatic carboxylic acids is 1. The number of carboxylic acid groups (broad SMARTS) is 1. The summed E-state index contributed by atoms with van der Waals surface area (Å²) < 4.78 is 6.15. The number of carbonyl (C=O) groups excluding carboxylic acids is 2. The van der Waals surface area contributed by atoms with E-state index in [4.69, 9.17) is 9.84 Å². The summed E-state index contributed by atoms with van der Waals surface area (Å²) >= 11 is 0. The number of amides is 2. The number of nitrogens with one attached hydrogen (secondary N) is 2. The SMILES string of the molecule is CCCCCCCOc1c(C)cc(-c2cnc(-c3ccc(CC(NC(=O)c4ccc(C(C)(C)C)cc4)C(=O)NCCC(=O)O)cc3)nc2)cc1C. The Morgan fingerprint density at radius 3 is 2.04 bits per heavy atom. The van der Waals surface area contributed by atoms with Crippen LogP contribution in [0, 0.1) is 13.8 Å². The predicted octanol–water partition coefficient (Wildman–Crippen LogP) is 8.01. The van der Waals surface area contributed by atoms with Crippen LogP contribution in [-0.4, -0.2) is 52.1 Å². The normalized spacial score (nSPS) is 11.9. The van der Waals surface area contributed by atoms with Crippen molar-refractivity contribution in [2.75, 3.05) is 13.2 Å². The van der Waals surface area contributed by atoms with E-state index >= 15 is 0 Å². The first kappa shape index (κ1) is 38.7. The van der Waals surface area contributed by atoms with Crippen molar-refractivity contribution in [1.82, 2.24) is 20.6 Å². The van der Waals surface area contributed by atoms with Gasteiger partial charge in [-0.15, -0.1) is 0 Å². The molecule has 0 aliphatic carbocycles. The number of ether oxygens (including phenoxy) is 1. The van der Waals surface area contributed by atoms with Gasteiger partial charge in [-0.05, 0) is 77.8 Å². The van der Waals surface area contributed by atoms with Crippen LogP contribution in [0.4, 0.5) is 0 Å². The van der Waals surface area contributed by atoms with Crippen LogP contribution in [0.2, 0.25) is 0 Å². The maximum absolute atomic E-state index is 13.2. The van der Waals surface area contributed by atoms with Crippen LogP contribution in [0.1, 0.15) is 98.8 Å². The molecule has 3 aromatic carbocycles. The van der Waals surface area contributed by atoms with E-state index in [0.717, 1.165) is 57.7 Å². The summed E-state index contributed by atoms with van der Waals surface area (Å²) in [5, 5.41) is 14.5. The van der Waals surface area contributed by atoms with Gasteiger partial charge in [-0.3, -0.25) is 14.4 Å². The summed E-state index contributed by atoms with van der Waals surface area (Å²) in [5.41, 5.74) is 7.20. The van der Waals surface area contributed by atoms with Gasteiger partial charge < -0.3 is 20.5 Å². The number of aromatic nitrogens is 2. The van der Waals surface area contributed by atoms with Crippen LogP contribution < -0.4 is 15.4 Å². The van der Waals surface area contributed by atoms with Gasteiger partial charge in [0.1, 0.15) is 11.8 Å². The molecule has 4 rings (SSSR count). The fourth-order valence-electron chi connectivity index (χ4n) is 5.86. The number of unbranched alkanes of at least 4 members (excludes halogenated alkanes) is 4. The molecule has 1 heterocycles. The maximum atomic E-state index is 13.2. The summed E-state index contributed by atoms with van der Waals surface area (Å²) in [7, 11) is 0. The van der Waals surface area contributed by atoms with Crippen molar-refractivity contribution in [3.63, 3.8) is 0 Å². The van der Waals surface area contributed by atoms with Gasteiger partial charge in [0.05, 0.1) is 13.0 Å². The molecule has 0 saturated heterocycles. The highest BCUT2D eigenvalue weighted by Gasteiger charge is 2.23. The second kappa shape index (κ2) is 18.3. The molecule has 51 heavy (non-hydrogen) atoms. The molecule has 0 aliphatic rings. The van der Waals surface area contributed by atoms with Crippen molar-refractivity contribution in [1.29, 1.82) is 0 Å². The largest absolute Gasteiger partial charge is 0.493 e. The highest BCUT2D eigenvalue weighted by molar-refractivity contribution is 5.97. The van der Waals surface area contributed by atoms with Gasteiger partial charge in [0.15, 0.2) is 5.82 Å². The molecule has 2 amide bonds. The third-order valence-electron chi connectivity index (χ3n) is 8.86. The molecule has 1 atom stereocenters. The fraction of sp³-hybridized carbons (Fsp3) is 0.405. The van der Waals surface area contributed by atoms with E-state index in [-0.39, 0.29) is 30.7 Å². The van der Waals surface area contributed by atoms with E-state index in [1.165, 1.54) is 25.7 Å². The number of rotatable bonds is 17. The number of carboxylic acids is 1. The van der Waals surface area contributed by atoms with Gasteiger partial charge in [-0.1, -0.05) is 89.8 Å². The Morgan fingerprint density at radius 2 is 1.45 bits per heavy atom. The Balaban J connectivity index is 1.43. The number of aryl methyl sites for hydroxylation is 2. The van der Waals surface area contributed by atoms with Gasteiger partial charge in [0.25, 0.3) is 5.91 Å².